The van der Waals surface area contributed by atoms with Gasteiger partial charge in [-0.3, -0.25) is 9.59 Å². The molecule has 0 heterocycles. The van der Waals surface area contributed by atoms with Gasteiger partial charge in [-0.05, 0) is 50.6 Å². The fraction of sp³-hybridized carbons (Fsp3) is 0.333. The average Bonchev–Trinajstić information content (AvgIpc) is 2.66. The van der Waals surface area contributed by atoms with E-state index in [1.165, 1.54) is 17.3 Å². The predicted molar refractivity (Wildman–Crippen MR) is 112 cm³/mol. The van der Waals surface area contributed by atoms with Crippen molar-refractivity contribution in [2.45, 2.75) is 38.3 Å². The third-order valence-electron chi connectivity index (χ3n) is 4.17. The maximum atomic E-state index is 12.9. The van der Waals surface area contributed by atoms with Crippen LogP contribution in [0.5, 0.6) is 0 Å². The minimum absolute atomic E-state index is 0.0747. The van der Waals surface area contributed by atoms with Gasteiger partial charge >= 0.3 is 0 Å². The molecule has 1 atom stereocenters. The van der Waals surface area contributed by atoms with Crippen molar-refractivity contribution < 1.29 is 9.59 Å². The van der Waals surface area contributed by atoms with Crippen molar-refractivity contribution in [1.29, 1.82) is 0 Å². The molecule has 0 spiro atoms. The molecule has 144 valence electrons. The first-order valence-corrected chi connectivity index (χ1v) is 10.3. The number of thioether (sulfide) groups is 1. The van der Waals surface area contributed by atoms with Gasteiger partial charge in [0.25, 0.3) is 0 Å². The zero-order chi connectivity index (χ0) is 19.8. The van der Waals surface area contributed by atoms with E-state index in [0.29, 0.717) is 18.1 Å². The lowest BCUT2D eigenvalue weighted by atomic mass is 10.1. The Labute approximate surface area is 170 Å². The van der Waals surface area contributed by atoms with Crippen LogP contribution < -0.4 is 5.32 Å². The standard InChI is InChI=1S/C21H25ClN2O2S/c1-4-23-21(26)16(3)24(13-17-7-9-18(22)10-8-17)20(25)14-27-19-11-5-15(2)6-12-19/h5-12,16H,4,13-14H2,1-3H3,(H,23,26)/t16-/m1/s1. The first kappa shape index (κ1) is 21.3. The summed E-state index contributed by atoms with van der Waals surface area (Å²) >= 11 is 7.42. The molecule has 1 N–H and O–H groups in total. The Morgan fingerprint density at radius 1 is 1.11 bits per heavy atom. The lowest BCUT2D eigenvalue weighted by Gasteiger charge is -2.28. The molecule has 0 radical (unpaired) electrons. The Balaban J connectivity index is 2.11. The van der Waals surface area contributed by atoms with Crippen molar-refractivity contribution >= 4 is 35.2 Å². The highest BCUT2D eigenvalue weighted by Crippen LogP contribution is 2.20. The molecule has 27 heavy (non-hydrogen) atoms. The lowest BCUT2D eigenvalue weighted by Crippen LogP contribution is -2.48. The Kier molecular flexibility index (Phi) is 8.20. The van der Waals surface area contributed by atoms with Gasteiger partial charge in [0.2, 0.25) is 11.8 Å². The Morgan fingerprint density at radius 3 is 2.33 bits per heavy atom. The largest absolute Gasteiger partial charge is 0.355 e. The monoisotopic (exact) mass is 404 g/mol. The predicted octanol–water partition coefficient (Wildman–Crippen LogP) is 4.29. The number of nitrogens with zero attached hydrogens (tertiary/aromatic N) is 1. The first-order chi connectivity index (χ1) is 12.9. The van der Waals surface area contributed by atoms with E-state index in [4.69, 9.17) is 11.6 Å². The highest BCUT2D eigenvalue weighted by Gasteiger charge is 2.25. The van der Waals surface area contributed by atoms with Crippen LogP contribution in [0.3, 0.4) is 0 Å². The summed E-state index contributed by atoms with van der Waals surface area (Å²) in [6.07, 6.45) is 0. The molecule has 0 aliphatic carbocycles. The normalized spacial score (nSPS) is 11.7. The zero-order valence-electron chi connectivity index (χ0n) is 15.9. The zero-order valence-corrected chi connectivity index (χ0v) is 17.4. The van der Waals surface area contributed by atoms with E-state index in [1.807, 2.05) is 50.2 Å². The summed E-state index contributed by atoms with van der Waals surface area (Å²) in [6, 6.07) is 14.8. The van der Waals surface area contributed by atoms with Crippen molar-refractivity contribution in [1.82, 2.24) is 10.2 Å². The number of amides is 2. The van der Waals surface area contributed by atoms with E-state index in [9.17, 15) is 9.59 Å². The molecule has 6 heteroatoms. The number of likely N-dealkylation sites (N-methyl/N-ethyl adjacent to an activating group) is 1. The summed E-state index contributed by atoms with van der Waals surface area (Å²) < 4.78 is 0. The highest BCUT2D eigenvalue weighted by molar-refractivity contribution is 8.00. The second-order valence-electron chi connectivity index (χ2n) is 6.32. The SMILES string of the molecule is CCNC(=O)[C@@H](C)N(Cc1ccc(Cl)cc1)C(=O)CSc1ccc(C)cc1. The van der Waals surface area contributed by atoms with Crippen LogP contribution in [0.4, 0.5) is 0 Å². The van der Waals surface area contributed by atoms with E-state index >= 15 is 0 Å². The molecule has 2 rings (SSSR count). The molecule has 2 aromatic carbocycles. The minimum atomic E-state index is -0.549. The number of hydrogen-bond acceptors (Lipinski definition) is 3. The molecule has 0 saturated carbocycles. The van der Waals surface area contributed by atoms with Gasteiger partial charge in [-0.2, -0.15) is 0 Å². The summed E-state index contributed by atoms with van der Waals surface area (Å²) in [7, 11) is 0. The molecular weight excluding hydrogens is 380 g/mol. The minimum Gasteiger partial charge on any atom is -0.355 e. The molecular formula is C21H25ClN2O2S. The number of benzene rings is 2. The number of aryl methyl sites for hydroxylation is 1. The summed E-state index contributed by atoms with van der Waals surface area (Å²) in [5.74, 6) is 0.0508. The van der Waals surface area contributed by atoms with E-state index in [1.54, 1.807) is 24.0 Å². The molecule has 0 aliphatic heterocycles. The van der Waals surface area contributed by atoms with Crippen molar-refractivity contribution in [3.05, 3.63) is 64.7 Å². The number of carbonyl (C=O) groups is 2. The molecule has 0 unspecified atom stereocenters. The number of carbonyl (C=O) groups excluding carboxylic acids is 2. The van der Waals surface area contributed by atoms with Crippen LogP contribution in [0.15, 0.2) is 53.4 Å². The van der Waals surface area contributed by atoms with Crippen molar-refractivity contribution in [3.63, 3.8) is 0 Å². The fourth-order valence-electron chi connectivity index (χ4n) is 2.55. The van der Waals surface area contributed by atoms with Gasteiger partial charge in [0, 0.05) is 23.0 Å². The maximum absolute atomic E-state index is 12.9. The number of nitrogens with one attached hydrogen (secondary N) is 1. The van der Waals surface area contributed by atoms with Crippen molar-refractivity contribution in [2.75, 3.05) is 12.3 Å². The van der Waals surface area contributed by atoms with Crippen LogP contribution in [0.1, 0.15) is 25.0 Å². The van der Waals surface area contributed by atoms with Crippen LogP contribution in [-0.2, 0) is 16.1 Å². The van der Waals surface area contributed by atoms with Crippen LogP contribution in [-0.4, -0.2) is 35.1 Å². The molecule has 2 amide bonds. The first-order valence-electron chi connectivity index (χ1n) is 8.91. The second kappa shape index (κ2) is 10.4. The third kappa shape index (κ3) is 6.60. The molecule has 4 nitrogen and oxygen atoms in total. The quantitative estimate of drug-likeness (QED) is 0.667. The summed E-state index contributed by atoms with van der Waals surface area (Å²) in [4.78, 5) is 27.9. The molecule has 0 fully saturated rings. The van der Waals surface area contributed by atoms with Gasteiger partial charge in [0.05, 0.1) is 5.75 Å². The van der Waals surface area contributed by atoms with Gasteiger partial charge in [0.1, 0.15) is 6.04 Å². The summed E-state index contributed by atoms with van der Waals surface area (Å²) in [5.41, 5.74) is 2.11. The smallest absolute Gasteiger partial charge is 0.242 e. The average molecular weight is 405 g/mol. The van der Waals surface area contributed by atoms with Crippen LogP contribution in [0.25, 0.3) is 0 Å². The number of halogens is 1. The molecule has 0 aliphatic rings. The maximum Gasteiger partial charge on any atom is 0.242 e. The summed E-state index contributed by atoms with van der Waals surface area (Å²) in [5, 5.41) is 3.44. The van der Waals surface area contributed by atoms with E-state index in [2.05, 4.69) is 5.32 Å². The van der Waals surface area contributed by atoms with Gasteiger partial charge in [-0.25, -0.2) is 0 Å². The third-order valence-corrected chi connectivity index (χ3v) is 5.42. The Morgan fingerprint density at radius 2 is 1.74 bits per heavy atom. The lowest BCUT2D eigenvalue weighted by molar-refractivity contribution is -0.138. The van der Waals surface area contributed by atoms with Crippen LogP contribution in [0, 0.1) is 6.92 Å². The topological polar surface area (TPSA) is 49.4 Å². The second-order valence-corrected chi connectivity index (χ2v) is 7.81. The summed E-state index contributed by atoms with van der Waals surface area (Å²) in [6.45, 7) is 6.55. The highest BCUT2D eigenvalue weighted by atomic mass is 35.5. The van der Waals surface area contributed by atoms with Crippen molar-refractivity contribution in [3.8, 4) is 0 Å². The fourth-order valence-corrected chi connectivity index (χ4v) is 3.46. The van der Waals surface area contributed by atoms with Gasteiger partial charge in [-0.1, -0.05) is 41.4 Å². The van der Waals surface area contributed by atoms with Gasteiger partial charge in [0.15, 0.2) is 0 Å². The van der Waals surface area contributed by atoms with Gasteiger partial charge < -0.3 is 10.2 Å². The van der Waals surface area contributed by atoms with Crippen LogP contribution >= 0.6 is 23.4 Å². The molecule has 0 saturated heterocycles. The number of hydrogen-bond donors (Lipinski definition) is 1. The van der Waals surface area contributed by atoms with E-state index in [0.717, 1.165) is 10.5 Å². The number of rotatable bonds is 8. The van der Waals surface area contributed by atoms with E-state index < -0.39 is 6.04 Å². The Hall–Kier alpha value is -1.98. The molecule has 0 aromatic heterocycles. The van der Waals surface area contributed by atoms with Crippen LogP contribution in [0.2, 0.25) is 5.02 Å². The molecule has 2 aromatic rings. The van der Waals surface area contributed by atoms with Gasteiger partial charge in [-0.15, -0.1) is 11.8 Å². The molecule has 0 bridgehead atoms. The Bertz CT molecular complexity index is 763. The van der Waals surface area contributed by atoms with E-state index in [-0.39, 0.29) is 17.6 Å². The van der Waals surface area contributed by atoms with Crippen molar-refractivity contribution in [2.24, 2.45) is 0 Å².